The first-order chi connectivity index (χ1) is 19.6. The maximum atomic E-state index is 12.2. The van der Waals surface area contributed by atoms with Crippen molar-refractivity contribution < 1.29 is 9.53 Å². The van der Waals surface area contributed by atoms with E-state index in [0.717, 1.165) is 49.0 Å². The predicted octanol–water partition coefficient (Wildman–Crippen LogP) is 4.97. The summed E-state index contributed by atoms with van der Waals surface area (Å²) < 4.78 is 9.76. The second-order valence-electron chi connectivity index (χ2n) is 9.38. The number of thiophene rings is 1. The van der Waals surface area contributed by atoms with E-state index in [1.807, 2.05) is 54.3 Å². The number of aryl methyl sites for hydroxylation is 1. The molecule has 0 aliphatic carbocycles. The summed E-state index contributed by atoms with van der Waals surface area (Å²) in [5, 5.41) is 13.0. The summed E-state index contributed by atoms with van der Waals surface area (Å²) in [6, 6.07) is 11.7. The summed E-state index contributed by atoms with van der Waals surface area (Å²) in [5.74, 6) is 2.07. The van der Waals surface area contributed by atoms with E-state index in [2.05, 4.69) is 43.1 Å². The fourth-order valence-electron chi connectivity index (χ4n) is 4.82. The Morgan fingerprint density at radius 1 is 1.10 bits per heavy atom. The van der Waals surface area contributed by atoms with Gasteiger partial charge in [-0.05, 0) is 48.9 Å². The number of pyridine rings is 1. The zero-order valence-electron chi connectivity index (χ0n) is 21.5. The first-order valence-corrected chi connectivity index (χ1v) is 13.4. The fourth-order valence-corrected chi connectivity index (χ4v) is 5.85. The van der Waals surface area contributed by atoms with Gasteiger partial charge in [0.1, 0.15) is 34.8 Å². The second kappa shape index (κ2) is 9.58. The van der Waals surface area contributed by atoms with Crippen molar-refractivity contribution in [2.45, 2.75) is 20.0 Å². The molecule has 5 aromatic heterocycles. The second-order valence-corrected chi connectivity index (χ2v) is 10.4. The predicted molar refractivity (Wildman–Crippen MR) is 152 cm³/mol. The van der Waals surface area contributed by atoms with E-state index in [0.29, 0.717) is 31.2 Å². The number of hydrogen-bond donors (Lipinski definition) is 1. The highest BCUT2D eigenvalue weighted by atomic mass is 32.1. The minimum atomic E-state index is -0.0739. The molecule has 11 nitrogen and oxygen atoms in total. The van der Waals surface area contributed by atoms with Crippen molar-refractivity contribution in [2.75, 3.05) is 11.9 Å². The van der Waals surface area contributed by atoms with Crippen LogP contribution in [-0.2, 0) is 17.9 Å². The number of nitrogens with zero attached hydrogens (tertiary/aromatic N) is 8. The number of nitrogens with one attached hydrogen (secondary N) is 1. The van der Waals surface area contributed by atoms with E-state index in [1.54, 1.807) is 27.1 Å². The van der Waals surface area contributed by atoms with Gasteiger partial charge < -0.3 is 15.0 Å². The quantitative estimate of drug-likeness (QED) is 0.290. The summed E-state index contributed by atoms with van der Waals surface area (Å²) in [7, 11) is 0. The molecule has 0 saturated heterocycles. The molecule has 1 amide bonds. The molecular weight excluding hydrogens is 526 g/mol. The molecule has 1 aliphatic heterocycles. The van der Waals surface area contributed by atoms with Crippen LogP contribution >= 0.6 is 11.3 Å². The van der Waals surface area contributed by atoms with Crippen LogP contribution in [0, 0.1) is 6.92 Å². The molecule has 0 spiro atoms. The molecule has 40 heavy (non-hydrogen) atoms. The number of hydrogen-bond acceptors (Lipinski definition) is 9. The highest BCUT2D eigenvalue weighted by molar-refractivity contribution is 7.21. The Balaban J connectivity index is 1.15. The molecule has 6 aromatic rings. The Labute approximate surface area is 232 Å². The van der Waals surface area contributed by atoms with Gasteiger partial charge in [-0.2, -0.15) is 10.2 Å². The third-order valence-corrected chi connectivity index (χ3v) is 7.95. The monoisotopic (exact) mass is 549 g/mol. The Kier molecular flexibility index (Phi) is 5.74. The van der Waals surface area contributed by atoms with Crippen molar-refractivity contribution in [3.63, 3.8) is 0 Å². The number of aromatic nitrogens is 7. The Morgan fingerprint density at radius 3 is 2.90 bits per heavy atom. The van der Waals surface area contributed by atoms with Gasteiger partial charge >= 0.3 is 0 Å². The van der Waals surface area contributed by atoms with Gasteiger partial charge in [0.25, 0.3) is 0 Å². The third kappa shape index (κ3) is 4.24. The molecule has 6 heterocycles. The number of anilines is 2. The molecule has 0 saturated carbocycles. The van der Waals surface area contributed by atoms with Gasteiger partial charge in [-0.3, -0.25) is 9.48 Å². The van der Waals surface area contributed by atoms with Gasteiger partial charge in [0.05, 0.1) is 30.4 Å². The first kappa shape index (κ1) is 24.0. The minimum Gasteiger partial charge on any atom is -0.457 e. The van der Waals surface area contributed by atoms with Crippen LogP contribution in [0.25, 0.3) is 26.3 Å². The van der Waals surface area contributed by atoms with Gasteiger partial charge in [-0.1, -0.05) is 6.58 Å². The molecule has 0 unspecified atom stereocenters. The van der Waals surface area contributed by atoms with Crippen molar-refractivity contribution in [1.29, 1.82) is 0 Å². The van der Waals surface area contributed by atoms with E-state index in [1.165, 1.54) is 12.4 Å². The molecule has 0 atom stereocenters. The molecule has 1 aromatic carbocycles. The number of fused-ring (bicyclic) bond motifs is 3. The molecule has 0 radical (unpaired) electrons. The van der Waals surface area contributed by atoms with Crippen LogP contribution in [0.5, 0.6) is 11.5 Å². The summed E-state index contributed by atoms with van der Waals surface area (Å²) in [6.45, 7) is 7.38. The van der Waals surface area contributed by atoms with Crippen LogP contribution < -0.4 is 10.1 Å². The van der Waals surface area contributed by atoms with E-state index in [9.17, 15) is 4.79 Å². The summed E-state index contributed by atoms with van der Waals surface area (Å²) >= 11 is 1.58. The topological polar surface area (TPSA) is 115 Å². The van der Waals surface area contributed by atoms with E-state index < -0.39 is 0 Å². The third-order valence-electron chi connectivity index (χ3n) is 6.87. The van der Waals surface area contributed by atoms with Crippen LogP contribution in [0.3, 0.4) is 0 Å². The zero-order valence-corrected chi connectivity index (χ0v) is 22.3. The smallest absolute Gasteiger partial charge is 0.246 e. The van der Waals surface area contributed by atoms with Crippen LogP contribution in [0.1, 0.15) is 11.3 Å². The lowest BCUT2D eigenvalue weighted by atomic mass is 10.1. The number of amides is 1. The van der Waals surface area contributed by atoms with Crippen molar-refractivity contribution in [2.24, 2.45) is 0 Å². The van der Waals surface area contributed by atoms with Crippen molar-refractivity contribution >= 4 is 44.6 Å². The normalized spacial score (nSPS) is 13.0. The van der Waals surface area contributed by atoms with Crippen molar-refractivity contribution in [3.05, 3.63) is 85.4 Å². The lowest BCUT2D eigenvalue weighted by Gasteiger charge is -2.27. The Bertz CT molecular complexity index is 1920. The molecule has 198 valence electrons. The molecule has 0 bridgehead atoms. The number of benzene rings is 1. The summed E-state index contributed by atoms with van der Waals surface area (Å²) in [4.78, 5) is 29.1. The maximum Gasteiger partial charge on any atom is 0.246 e. The fraction of sp³-hybridized carbons (Fsp3) is 0.143. The number of carbonyl (C=O) groups is 1. The summed E-state index contributed by atoms with van der Waals surface area (Å²) in [5.41, 5.74) is 4.57. The molecule has 12 heteroatoms. The van der Waals surface area contributed by atoms with Crippen molar-refractivity contribution in [3.8, 4) is 21.9 Å². The average molecular weight is 550 g/mol. The van der Waals surface area contributed by atoms with Crippen LogP contribution in [0.2, 0.25) is 0 Å². The largest absolute Gasteiger partial charge is 0.457 e. The van der Waals surface area contributed by atoms with Crippen LogP contribution in [-0.4, -0.2) is 51.7 Å². The van der Waals surface area contributed by atoms with Crippen LogP contribution in [0.4, 0.5) is 11.5 Å². The Hall–Kier alpha value is -5.10. The minimum absolute atomic E-state index is 0.0739. The van der Waals surface area contributed by atoms with E-state index in [4.69, 9.17) is 4.74 Å². The molecule has 0 fully saturated rings. The summed E-state index contributed by atoms with van der Waals surface area (Å²) in [6.07, 6.45) is 8.11. The molecule has 1 N–H and O–H groups in total. The van der Waals surface area contributed by atoms with Gasteiger partial charge in [0.2, 0.25) is 5.91 Å². The highest BCUT2D eigenvalue weighted by Gasteiger charge is 2.24. The van der Waals surface area contributed by atoms with Gasteiger partial charge in [0, 0.05) is 34.9 Å². The molecule has 1 aliphatic rings. The lowest BCUT2D eigenvalue weighted by Crippen LogP contribution is -2.37. The van der Waals surface area contributed by atoms with Crippen molar-refractivity contribution in [1.82, 2.24) is 39.2 Å². The standard InChI is InChI=1S/C28H23N9O2S/c1-3-26(38)35-8-9-36-22(14-35)21(13-32-36)24-12-20-27(30-15-31-28(20)40-24)34-18-4-5-23(17(2)10-18)39-19-6-7-37-25(11-19)29-16-33-37/h3-7,10-13,15-16H,1,8-9,14H2,2H3,(H,30,31,34). The van der Waals surface area contributed by atoms with Gasteiger partial charge in [-0.15, -0.1) is 11.3 Å². The highest BCUT2D eigenvalue weighted by Crippen LogP contribution is 2.38. The van der Waals surface area contributed by atoms with E-state index >= 15 is 0 Å². The lowest BCUT2D eigenvalue weighted by molar-refractivity contribution is -0.127. The number of carbonyl (C=O) groups excluding carboxylic acids is 1. The maximum absolute atomic E-state index is 12.2. The van der Waals surface area contributed by atoms with Crippen LogP contribution in [0.15, 0.2) is 74.1 Å². The average Bonchev–Trinajstić information content (AvgIpc) is 3.71. The number of rotatable bonds is 6. The zero-order chi connectivity index (χ0) is 27.2. The SMILES string of the molecule is C=CC(=O)N1CCn2ncc(-c3cc4c(Nc5ccc(Oc6ccn7ncnc7c6)c(C)c5)ncnc4s3)c2C1. The van der Waals surface area contributed by atoms with Gasteiger partial charge in [-0.25, -0.2) is 19.5 Å². The van der Waals surface area contributed by atoms with Gasteiger partial charge in [0.15, 0.2) is 5.65 Å². The Morgan fingerprint density at radius 2 is 2.02 bits per heavy atom. The molecular formula is C28H23N9O2S. The first-order valence-electron chi connectivity index (χ1n) is 12.6. The molecule has 7 rings (SSSR count). The van der Waals surface area contributed by atoms with E-state index in [-0.39, 0.29) is 5.91 Å². The number of ether oxygens (including phenoxy) is 1.